The minimum Gasteiger partial charge on any atom is -0.488 e. The second kappa shape index (κ2) is 6.53. The molecule has 2 unspecified atom stereocenters. The number of nitrogens with two attached hydrogens (primary N) is 1. The molecule has 18 heavy (non-hydrogen) atoms. The molecule has 0 aliphatic heterocycles. The number of ether oxygens (including phenoxy) is 1. The van der Waals surface area contributed by atoms with Gasteiger partial charge in [-0.05, 0) is 53.6 Å². The number of hydrogen-bond donors (Lipinski definition) is 1. The van der Waals surface area contributed by atoms with E-state index in [-0.39, 0.29) is 0 Å². The molecule has 0 amide bonds. The minimum atomic E-state index is 0.324. The average Bonchev–Trinajstić information content (AvgIpc) is 2.40. The maximum Gasteiger partial charge on any atom is 0.143 e. The summed E-state index contributed by atoms with van der Waals surface area (Å²) >= 11 is 3.44. The number of hydrogen-bond acceptors (Lipinski definition) is 3. The normalized spacial score (nSPS) is 23.9. The lowest BCUT2D eigenvalue weighted by atomic mass is 9.85. The van der Waals surface area contributed by atoms with Gasteiger partial charge >= 0.3 is 0 Å². The zero-order chi connectivity index (χ0) is 13.0. The van der Waals surface area contributed by atoms with Gasteiger partial charge in [-0.2, -0.15) is 0 Å². The van der Waals surface area contributed by atoms with Crippen LogP contribution in [0.3, 0.4) is 0 Å². The van der Waals surface area contributed by atoms with E-state index in [1.807, 2.05) is 6.07 Å². The molecular formula is C14H21BrN2O. The molecule has 1 aromatic heterocycles. The van der Waals surface area contributed by atoms with Gasteiger partial charge in [0.15, 0.2) is 0 Å². The molecule has 1 aliphatic rings. The van der Waals surface area contributed by atoms with E-state index in [9.17, 15) is 0 Å². The van der Waals surface area contributed by atoms with E-state index < -0.39 is 0 Å². The first-order chi connectivity index (χ1) is 8.74. The van der Waals surface area contributed by atoms with E-state index >= 15 is 0 Å². The third-order valence-corrected chi connectivity index (χ3v) is 4.17. The Morgan fingerprint density at radius 1 is 1.44 bits per heavy atom. The minimum absolute atomic E-state index is 0.324. The summed E-state index contributed by atoms with van der Waals surface area (Å²) in [6.45, 7) is 2.67. The van der Waals surface area contributed by atoms with Crippen LogP contribution in [0.1, 0.15) is 44.7 Å². The smallest absolute Gasteiger partial charge is 0.143 e. The summed E-state index contributed by atoms with van der Waals surface area (Å²) in [5, 5.41) is 0. The Bertz CT molecular complexity index is 397. The van der Waals surface area contributed by atoms with Crippen LogP contribution in [0.15, 0.2) is 16.7 Å². The van der Waals surface area contributed by atoms with Crippen LogP contribution in [-0.2, 0) is 6.54 Å². The van der Waals surface area contributed by atoms with Crippen molar-refractivity contribution in [3.05, 3.63) is 22.4 Å². The van der Waals surface area contributed by atoms with Crippen LogP contribution in [0, 0.1) is 5.92 Å². The molecule has 1 fully saturated rings. The SMILES string of the molecule is CCC1CCCCC1Oc1cc(Br)cnc1CN. The summed E-state index contributed by atoms with van der Waals surface area (Å²) in [7, 11) is 0. The molecule has 100 valence electrons. The maximum atomic E-state index is 6.19. The molecule has 0 spiro atoms. The zero-order valence-electron chi connectivity index (χ0n) is 10.9. The van der Waals surface area contributed by atoms with Crippen LogP contribution < -0.4 is 10.5 Å². The van der Waals surface area contributed by atoms with Crippen molar-refractivity contribution in [3.8, 4) is 5.75 Å². The first kappa shape index (κ1) is 13.8. The quantitative estimate of drug-likeness (QED) is 0.923. The van der Waals surface area contributed by atoms with Gasteiger partial charge in [0.05, 0.1) is 5.69 Å². The fraction of sp³-hybridized carbons (Fsp3) is 0.643. The van der Waals surface area contributed by atoms with E-state index in [0.29, 0.717) is 18.6 Å². The van der Waals surface area contributed by atoms with Crippen LogP contribution in [0.25, 0.3) is 0 Å². The predicted molar refractivity (Wildman–Crippen MR) is 76.5 cm³/mol. The van der Waals surface area contributed by atoms with Gasteiger partial charge in [-0.25, -0.2) is 0 Å². The summed E-state index contributed by atoms with van der Waals surface area (Å²) in [6, 6.07) is 1.98. The Hall–Kier alpha value is -0.610. The third kappa shape index (κ3) is 3.23. The lowest BCUT2D eigenvalue weighted by molar-refractivity contribution is 0.0889. The molecule has 2 rings (SSSR count). The van der Waals surface area contributed by atoms with Crippen molar-refractivity contribution in [2.24, 2.45) is 11.7 Å². The number of aromatic nitrogens is 1. The summed E-state index contributed by atoms with van der Waals surface area (Å²) in [5.74, 6) is 1.51. The van der Waals surface area contributed by atoms with Gasteiger partial charge in [0.2, 0.25) is 0 Å². The highest BCUT2D eigenvalue weighted by Crippen LogP contribution is 2.32. The lowest BCUT2D eigenvalue weighted by Crippen LogP contribution is -2.30. The van der Waals surface area contributed by atoms with E-state index in [0.717, 1.165) is 22.3 Å². The molecule has 1 saturated carbocycles. The number of pyridine rings is 1. The average molecular weight is 313 g/mol. The first-order valence-corrected chi connectivity index (χ1v) is 7.55. The maximum absolute atomic E-state index is 6.19. The Balaban J connectivity index is 2.14. The highest BCUT2D eigenvalue weighted by atomic mass is 79.9. The van der Waals surface area contributed by atoms with Gasteiger partial charge < -0.3 is 10.5 Å². The van der Waals surface area contributed by atoms with Crippen molar-refractivity contribution in [3.63, 3.8) is 0 Å². The standard InChI is InChI=1S/C14H21BrN2O/c1-2-10-5-3-4-6-13(10)18-14-7-11(15)9-17-12(14)8-16/h7,9-10,13H,2-6,8,16H2,1H3. The molecule has 1 aromatic rings. The van der Waals surface area contributed by atoms with Crippen LogP contribution in [0.5, 0.6) is 5.75 Å². The Kier molecular flexibility index (Phi) is 5.01. The van der Waals surface area contributed by atoms with Gasteiger partial charge in [0.1, 0.15) is 11.9 Å². The van der Waals surface area contributed by atoms with Crippen LogP contribution in [0.2, 0.25) is 0 Å². The summed E-state index contributed by atoms with van der Waals surface area (Å²) in [4.78, 5) is 4.32. The van der Waals surface area contributed by atoms with Crippen LogP contribution in [-0.4, -0.2) is 11.1 Å². The van der Waals surface area contributed by atoms with Gasteiger partial charge in [-0.1, -0.05) is 13.3 Å². The topological polar surface area (TPSA) is 48.1 Å². The van der Waals surface area contributed by atoms with Gasteiger partial charge in [-0.3, -0.25) is 4.98 Å². The highest BCUT2D eigenvalue weighted by Gasteiger charge is 2.26. The van der Waals surface area contributed by atoms with Crippen LogP contribution >= 0.6 is 15.9 Å². The lowest BCUT2D eigenvalue weighted by Gasteiger charge is -2.31. The molecule has 0 bridgehead atoms. The molecule has 4 heteroatoms. The number of halogens is 1. The summed E-state index contributed by atoms with van der Waals surface area (Å²) in [6.07, 6.45) is 8.30. The third-order valence-electron chi connectivity index (χ3n) is 3.73. The fourth-order valence-corrected chi connectivity index (χ4v) is 2.97. The predicted octanol–water partition coefficient (Wildman–Crippen LogP) is 3.65. The second-order valence-corrected chi connectivity index (χ2v) is 5.83. The Labute approximate surface area is 117 Å². The van der Waals surface area contributed by atoms with Gasteiger partial charge in [0.25, 0.3) is 0 Å². The highest BCUT2D eigenvalue weighted by molar-refractivity contribution is 9.10. The molecule has 0 radical (unpaired) electrons. The van der Waals surface area contributed by atoms with Crippen molar-refractivity contribution >= 4 is 15.9 Å². The number of nitrogens with zero attached hydrogens (tertiary/aromatic N) is 1. The van der Waals surface area contributed by atoms with E-state index in [1.54, 1.807) is 6.20 Å². The Morgan fingerprint density at radius 3 is 2.94 bits per heavy atom. The van der Waals surface area contributed by atoms with Crippen LogP contribution in [0.4, 0.5) is 0 Å². The first-order valence-electron chi connectivity index (χ1n) is 6.75. The summed E-state index contributed by atoms with van der Waals surface area (Å²) in [5.41, 5.74) is 6.56. The van der Waals surface area contributed by atoms with E-state index in [2.05, 4.69) is 27.8 Å². The molecular weight excluding hydrogens is 292 g/mol. The monoisotopic (exact) mass is 312 g/mol. The molecule has 2 atom stereocenters. The second-order valence-electron chi connectivity index (χ2n) is 4.91. The summed E-state index contributed by atoms with van der Waals surface area (Å²) < 4.78 is 7.13. The van der Waals surface area contributed by atoms with Crippen molar-refractivity contribution in [2.45, 2.75) is 51.7 Å². The van der Waals surface area contributed by atoms with Crippen molar-refractivity contribution in [1.29, 1.82) is 0 Å². The van der Waals surface area contributed by atoms with Crippen molar-refractivity contribution in [1.82, 2.24) is 4.98 Å². The number of rotatable bonds is 4. The van der Waals surface area contributed by atoms with Gasteiger partial charge in [0, 0.05) is 17.2 Å². The molecule has 3 nitrogen and oxygen atoms in total. The fourth-order valence-electron chi connectivity index (χ4n) is 2.66. The van der Waals surface area contributed by atoms with E-state index in [1.165, 1.54) is 25.7 Å². The molecule has 1 heterocycles. The largest absolute Gasteiger partial charge is 0.488 e. The Morgan fingerprint density at radius 2 is 2.22 bits per heavy atom. The van der Waals surface area contributed by atoms with Crippen molar-refractivity contribution in [2.75, 3.05) is 0 Å². The molecule has 0 aromatic carbocycles. The van der Waals surface area contributed by atoms with Crippen molar-refractivity contribution < 1.29 is 4.74 Å². The van der Waals surface area contributed by atoms with E-state index in [4.69, 9.17) is 10.5 Å². The molecule has 0 saturated heterocycles. The molecule has 1 aliphatic carbocycles. The van der Waals surface area contributed by atoms with Gasteiger partial charge in [-0.15, -0.1) is 0 Å². The molecule has 2 N–H and O–H groups in total. The zero-order valence-corrected chi connectivity index (χ0v) is 12.4.